The molecule has 3 nitrogen and oxygen atoms in total. The van der Waals surface area contributed by atoms with E-state index in [2.05, 4.69) is 9.97 Å². The van der Waals surface area contributed by atoms with Crippen molar-refractivity contribution in [1.29, 1.82) is 0 Å². The van der Waals surface area contributed by atoms with Gasteiger partial charge in [0.2, 0.25) is 0 Å². The largest absolute Gasteiger partial charge is 0.381 e. The van der Waals surface area contributed by atoms with Gasteiger partial charge in [-0.2, -0.15) is 0 Å². The van der Waals surface area contributed by atoms with Crippen LogP contribution in [0.2, 0.25) is 15.3 Å². The van der Waals surface area contributed by atoms with E-state index in [1.54, 1.807) is 6.07 Å². The Morgan fingerprint density at radius 2 is 1.57 bits per heavy atom. The number of hydrogen-bond donors (Lipinski definition) is 0. The number of nitrogens with zero attached hydrogens (tertiary/aromatic N) is 2. The first kappa shape index (κ1) is 15.0. The lowest BCUT2D eigenvalue weighted by Gasteiger charge is -2.21. The molecule has 0 atom stereocenters. The molecule has 1 aromatic heterocycles. The van der Waals surface area contributed by atoms with Crippen molar-refractivity contribution in [3.8, 4) is 11.1 Å². The molecule has 0 radical (unpaired) electrons. The van der Waals surface area contributed by atoms with Crippen molar-refractivity contribution < 1.29 is 4.74 Å². The highest BCUT2D eigenvalue weighted by atomic mass is 35.5. The van der Waals surface area contributed by atoms with E-state index in [1.165, 1.54) is 0 Å². The Bertz CT molecular complexity index is 634. The van der Waals surface area contributed by atoms with Crippen molar-refractivity contribution in [2.45, 2.75) is 18.8 Å². The molecular formula is C15H13Cl3N2O. The minimum absolute atomic E-state index is 0.244. The standard InChI is InChI=1S/C15H13Cl3N2O/c16-11-4-2-1-3-10(11)12-13(17)19-15(20-14(12)18)9-5-7-21-8-6-9/h1-4,9H,5-8H2. The van der Waals surface area contributed by atoms with Gasteiger partial charge in [-0.15, -0.1) is 0 Å². The molecule has 2 aromatic rings. The second-order valence-corrected chi connectivity index (χ2v) is 6.03. The topological polar surface area (TPSA) is 35.0 Å². The first-order chi connectivity index (χ1) is 10.2. The third-order valence-electron chi connectivity index (χ3n) is 3.57. The van der Waals surface area contributed by atoms with Gasteiger partial charge >= 0.3 is 0 Å². The summed E-state index contributed by atoms with van der Waals surface area (Å²) in [6.07, 6.45) is 1.77. The van der Waals surface area contributed by atoms with Gasteiger partial charge in [0.05, 0.1) is 5.56 Å². The average molecular weight is 344 g/mol. The first-order valence-corrected chi connectivity index (χ1v) is 7.86. The Morgan fingerprint density at radius 3 is 2.19 bits per heavy atom. The van der Waals surface area contributed by atoms with Crippen molar-refractivity contribution in [1.82, 2.24) is 9.97 Å². The SMILES string of the molecule is Clc1ccccc1-c1c(Cl)nc(C2CCOCC2)nc1Cl. The van der Waals surface area contributed by atoms with E-state index >= 15 is 0 Å². The molecule has 110 valence electrons. The smallest absolute Gasteiger partial charge is 0.142 e. The van der Waals surface area contributed by atoms with E-state index < -0.39 is 0 Å². The molecule has 0 amide bonds. The molecule has 0 bridgehead atoms. The Morgan fingerprint density at radius 1 is 0.952 bits per heavy atom. The molecule has 1 aliphatic heterocycles. The number of ether oxygens (including phenoxy) is 1. The maximum atomic E-state index is 6.33. The fourth-order valence-corrected chi connectivity index (χ4v) is 3.28. The zero-order valence-corrected chi connectivity index (χ0v) is 13.4. The van der Waals surface area contributed by atoms with E-state index in [0.717, 1.165) is 31.6 Å². The summed E-state index contributed by atoms with van der Waals surface area (Å²) in [6, 6.07) is 7.37. The quantitative estimate of drug-likeness (QED) is 0.720. The minimum Gasteiger partial charge on any atom is -0.381 e. The summed E-state index contributed by atoms with van der Waals surface area (Å²) in [4.78, 5) is 8.86. The van der Waals surface area contributed by atoms with Crippen LogP contribution in [0.15, 0.2) is 24.3 Å². The zero-order chi connectivity index (χ0) is 14.8. The van der Waals surface area contributed by atoms with Crippen molar-refractivity contribution in [3.05, 3.63) is 45.4 Å². The summed E-state index contributed by atoms with van der Waals surface area (Å²) in [6.45, 7) is 1.44. The van der Waals surface area contributed by atoms with Gasteiger partial charge in [-0.05, 0) is 18.9 Å². The second-order valence-electron chi connectivity index (χ2n) is 4.90. The average Bonchev–Trinajstić information content (AvgIpc) is 2.49. The van der Waals surface area contributed by atoms with Gasteiger partial charge < -0.3 is 4.74 Å². The number of aromatic nitrogens is 2. The predicted molar refractivity (Wildman–Crippen MR) is 85.3 cm³/mol. The van der Waals surface area contributed by atoms with Gasteiger partial charge in [0, 0.05) is 29.7 Å². The fourth-order valence-electron chi connectivity index (χ4n) is 2.45. The zero-order valence-electron chi connectivity index (χ0n) is 11.2. The molecule has 2 heterocycles. The molecule has 1 saturated heterocycles. The van der Waals surface area contributed by atoms with Crippen molar-refractivity contribution in [3.63, 3.8) is 0 Å². The number of benzene rings is 1. The van der Waals surface area contributed by atoms with E-state index in [1.807, 2.05) is 18.2 Å². The highest BCUT2D eigenvalue weighted by Crippen LogP contribution is 2.38. The van der Waals surface area contributed by atoms with Gasteiger partial charge in [-0.3, -0.25) is 0 Å². The summed E-state index contributed by atoms with van der Waals surface area (Å²) >= 11 is 18.9. The van der Waals surface area contributed by atoms with Crippen LogP contribution in [0.25, 0.3) is 11.1 Å². The molecule has 0 spiro atoms. The lowest BCUT2D eigenvalue weighted by atomic mass is 9.99. The molecule has 1 aromatic carbocycles. The van der Waals surface area contributed by atoms with Crippen LogP contribution in [0.3, 0.4) is 0 Å². The molecule has 0 aliphatic carbocycles. The molecule has 3 rings (SSSR count). The maximum Gasteiger partial charge on any atom is 0.142 e. The maximum absolute atomic E-state index is 6.33. The lowest BCUT2D eigenvalue weighted by molar-refractivity contribution is 0.0836. The van der Waals surface area contributed by atoms with Gasteiger partial charge in [-0.1, -0.05) is 53.0 Å². The molecular weight excluding hydrogens is 331 g/mol. The van der Waals surface area contributed by atoms with Crippen molar-refractivity contribution >= 4 is 34.8 Å². The van der Waals surface area contributed by atoms with Gasteiger partial charge in [0.15, 0.2) is 0 Å². The van der Waals surface area contributed by atoms with Gasteiger partial charge in [-0.25, -0.2) is 9.97 Å². The van der Waals surface area contributed by atoms with Crippen LogP contribution in [0, 0.1) is 0 Å². The third kappa shape index (κ3) is 3.16. The molecule has 1 fully saturated rings. The van der Waals surface area contributed by atoms with Gasteiger partial charge in [0.25, 0.3) is 0 Å². The molecule has 0 saturated carbocycles. The van der Waals surface area contributed by atoms with Crippen LogP contribution in [-0.2, 0) is 4.74 Å². The Labute approximate surface area is 138 Å². The van der Waals surface area contributed by atoms with Crippen LogP contribution in [0.4, 0.5) is 0 Å². The summed E-state index contributed by atoms with van der Waals surface area (Å²) in [5.74, 6) is 0.929. The first-order valence-electron chi connectivity index (χ1n) is 6.72. The lowest BCUT2D eigenvalue weighted by Crippen LogP contribution is -2.16. The number of halogens is 3. The number of hydrogen-bond acceptors (Lipinski definition) is 3. The number of rotatable bonds is 2. The monoisotopic (exact) mass is 342 g/mol. The van der Waals surface area contributed by atoms with Gasteiger partial charge in [0.1, 0.15) is 16.1 Å². The molecule has 0 unspecified atom stereocenters. The van der Waals surface area contributed by atoms with Crippen molar-refractivity contribution in [2.75, 3.05) is 13.2 Å². The highest BCUT2D eigenvalue weighted by Gasteiger charge is 2.22. The van der Waals surface area contributed by atoms with E-state index in [-0.39, 0.29) is 5.92 Å². The van der Waals surface area contributed by atoms with E-state index in [0.29, 0.717) is 26.7 Å². The molecule has 0 N–H and O–H groups in total. The summed E-state index contributed by atoms with van der Waals surface area (Å²) in [7, 11) is 0. The molecule has 6 heteroatoms. The van der Waals surface area contributed by atoms with E-state index in [9.17, 15) is 0 Å². The van der Waals surface area contributed by atoms with Crippen LogP contribution in [0.5, 0.6) is 0 Å². The summed E-state index contributed by atoms with van der Waals surface area (Å²) < 4.78 is 5.35. The molecule has 1 aliphatic rings. The van der Waals surface area contributed by atoms with E-state index in [4.69, 9.17) is 39.5 Å². The second kappa shape index (κ2) is 6.49. The van der Waals surface area contributed by atoms with Crippen molar-refractivity contribution in [2.24, 2.45) is 0 Å². The minimum atomic E-state index is 0.244. The predicted octanol–water partition coefficient (Wildman–Crippen LogP) is 5.00. The van der Waals surface area contributed by atoms with Crippen LogP contribution in [-0.4, -0.2) is 23.2 Å². The fraction of sp³-hybridized carbons (Fsp3) is 0.333. The Hall–Kier alpha value is -0.870. The summed E-state index contributed by atoms with van der Waals surface area (Å²) in [5.41, 5.74) is 1.33. The third-order valence-corrected chi connectivity index (χ3v) is 4.44. The van der Waals surface area contributed by atoms with Crippen LogP contribution in [0.1, 0.15) is 24.6 Å². The summed E-state index contributed by atoms with van der Waals surface area (Å²) in [5, 5.41) is 1.25. The van der Waals surface area contributed by atoms with Crippen LogP contribution >= 0.6 is 34.8 Å². The van der Waals surface area contributed by atoms with Crippen LogP contribution < -0.4 is 0 Å². The normalized spacial score (nSPS) is 16.1. The highest BCUT2D eigenvalue weighted by molar-refractivity contribution is 6.40. The Kier molecular flexibility index (Phi) is 4.65. The Balaban J connectivity index is 2.02. The molecule has 21 heavy (non-hydrogen) atoms.